The quantitative estimate of drug-likeness (QED) is 0.732. The summed E-state index contributed by atoms with van der Waals surface area (Å²) in [6.45, 7) is 2.88. The van der Waals surface area contributed by atoms with Crippen molar-refractivity contribution < 1.29 is 22.7 Å². The average Bonchev–Trinajstić information content (AvgIpc) is 2.58. The summed E-state index contributed by atoms with van der Waals surface area (Å²) in [4.78, 5) is 20.6. The first-order chi connectivity index (χ1) is 12.3. The highest BCUT2D eigenvalue weighted by molar-refractivity contribution is 6.03. The number of carbonyl (C=O) groups excluding carboxylic acids is 1. The second-order valence-electron chi connectivity index (χ2n) is 5.52. The summed E-state index contributed by atoms with van der Waals surface area (Å²) in [5, 5.41) is 5.52. The van der Waals surface area contributed by atoms with E-state index in [1.54, 1.807) is 14.0 Å². The largest absolute Gasteiger partial charge is 0.416 e. The van der Waals surface area contributed by atoms with Gasteiger partial charge < -0.3 is 15.4 Å². The standard InChI is InChI=1S/C17H19F3N4O2/c1-11-10-14(24-16(22-11)21-8-3-9-26-2)15(25)23-13-6-4-12(5-7-13)17(18,19)20/h4-7,10H,3,8-9H2,1-2H3,(H,23,25)(H,21,22,24). The Labute approximate surface area is 148 Å². The molecular formula is C17H19F3N4O2. The Morgan fingerprint density at radius 2 is 1.88 bits per heavy atom. The first kappa shape index (κ1) is 19.6. The van der Waals surface area contributed by atoms with Crippen LogP contribution >= 0.6 is 0 Å². The Bertz CT molecular complexity index is 749. The van der Waals surface area contributed by atoms with Gasteiger partial charge in [0.05, 0.1) is 5.56 Å². The molecule has 0 saturated carbocycles. The van der Waals surface area contributed by atoms with Gasteiger partial charge in [0.25, 0.3) is 5.91 Å². The van der Waals surface area contributed by atoms with Crippen LogP contribution in [0.25, 0.3) is 0 Å². The van der Waals surface area contributed by atoms with E-state index in [1.807, 2.05) is 0 Å². The Hall–Kier alpha value is -2.68. The zero-order valence-electron chi connectivity index (χ0n) is 14.4. The van der Waals surface area contributed by atoms with Gasteiger partial charge in [0.15, 0.2) is 0 Å². The molecule has 0 spiro atoms. The molecule has 26 heavy (non-hydrogen) atoms. The first-order valence-electron chi connectivity index (χ1n) is 7.86. The summed E-state index contributed by atoms with van der Waals surface area (Å²) in [6, 6.07) is 5.70. The molecule has 0 bridgehead atoms. The second kappa shape index (κ2) is 8.61. The van der Waals surface area contributed by atoms with Crippen LogP contribution in [-0.2, 0) is 10.9 Å². The predicted molar refractivity (Wildman–Crippen MR) is 91.1 cm³/mol. The lowest BCUT2D eigenvalue weighted by Crippen LogP contribution is -2.17. The fraction of sp³-hybridized carbons (Fsp3) is 0.353. The number of hydrogen-bond donors (Lipinski definition) is 2. The topological polar surface area (TPSA) is 76.1 Å². The Balaban J connectivity index is 2.05. The number of methoxy groups -OCH3 is 1. The van der Waals surface area contributed by atoms with Crippen LogP contribution < -0.4 is 10.6 Å². The number of carbonyl (C=O) groups is 1. The molecule has 0 fully saturated rings. The first-order valence-corrected chi connectivity index (χ1v) is 7.86. The molecule has 0 aliphatic heterocycles. The van der Waals surface area contributed by atoms with Crippen molar-refractivity contribution >= 4 is 17.5 Å². The number of ether oxygens (including phenoxy) is 1. The number of hydrogen-bond acceptors (Lipinski definition) is 5. The molecule has 9 heteroatoms. The highest BCUT2D eigenvalue weighted by atomic mass is 19.4. The minimum absolute atomic E-state index is 0.117. The van der Waals surface area contributed by atoms with Crippen LogP contribution in [0.15, 0.2) is 30.3 Å². The molecule has 2 aromatic rings. The van der Waals surface area contributed by atoms with Gasteiger partial charge in [0, 0.05) is 31.6 Å². The van der Waals surface area contributed by atoms with E-state index in [2.05, 4.69) is 20.6 Å². The van der Waals surface area contributed by atoms with Gasteiger partial charge in [-0.15, -0.1) is 0 Å². The molecule has 1 amide bonds. The fourth-order valence-electron chi connectivity index (χ4n) is 2.12. The van der Waals surface area contributed by atoms with E-state index >= 15 is 0 Å². The molecular weight excluding hydrogens is 349 g/mol. The van der Waals surface area contributed by atoms with Crippen LogP contribution in [0.3, 0.4) is 0 Å². The van der Waals surface area contributed by atoms with Crippen molar-refractivity contribution in [3.05, 3.63) is 47.3 Å². The zero-order chi connectivity index (χ0) is 19.2. The summed E-state index contributed by atoms with van der Waals surface area (Å²) in [5.74, 6) is -0.228. The number of nitrogens with one attached hydrogen (secondary N) is 2. The lowest BCUT2D eigenvalue weighted by atomic mass is 10.2. The van der Waals surface area contributed by atoms with Crippen LogP contribution in [0, 0.1) is 6.92 Å². The molecule has 0 atom stereocenters. The summed E-state index contributed by atoms with van der Waals surface area (Å²) < 4.78 is 42.6. The van der Waals surface area contributed by atoms with Crippen molar-refractivity contribution in [2.24, 2.45) is 0 Å². The molecule has 0 aliphatic carbocycles. The summed E-state index contributed by atoms with van der Waals surface area (Å²) in [7, 11) is 1.60. The van der Waals surface area contributed by atoms with Crippen molar-refractivity contribution in [3.63, 3.8) is 0 Å². The molecule has 0 aliphatic rings. The monoisotopic (exact) mass is 368 g/mol. The summed E-state index contributed by atoms with van der Waals surface area (Å²) in [5.41, 5.74) is 0.170. The molecule has 2 N–H and O–H groups in total. The van der Waals surface area contributed by atoms with Gasteiger partial charge in [0.1, 0.15) is 5.69 Å². The fourth-order valence-corrected chi connectivity index (χ4v) is 2.12. The van der Waals surface area contributed by atoms with Gasteiger partial charge in [-0.05, 0) is 43.7 Å². The van der Waals surface area contributed by atoms with Crippen molar-refractivity contribution in [3.8, 4) is 0 Å². The van der Waals surface area contributed by atoms with Gasteiger partial charge in [-0.2, -0.15) is 13.2 Å². The zero-order valence-corrected chi connectivity index (χ0v) is 14.4. The van der Waals surface area contributed by atoms with E-state index < -0.39 is 17.6 Å². The highest BCUT2D eigenvalue weighted by Crippen LogP contribution is 2.29. The summed E-state index contributed by atoms with van der Waals surface area (Å²) in [6.07, 6.45) is -3.67. The number of rotatable bonds is 7. The maximum absolute atomic E-state index is 12.6. The summed E-state index contributed by atoms with van der Waals surface area (Å²) >= 11 is 0. The molecule has 2 rings (SSSR count). The lowest BCUT2D eigenvalue weighted by molar-refractivity contribution is -0.137. The Kier molecular flexibility index (Phi) is 6.51. The third-order valence-corrected chi connectivity index (χ3v) is 3.37. The molecule has 0 radical (unpaired) electrons. The number of halogens is 3. The van der Waals surface area contributed by atoms with Crippen molar-refractivity contribution in [2.45, 2.75) is 19.5 Å². The van der Waals surface area contributed by atoms with E-state index in [4.69, 9.17) is 4.74 Å². The number of aromatic nitrogens is 2. The van der Waals surface area contributed by atoms with Crippen LogP contribution in [0.1, 0.15) is 28.2 Å². The number of nitrogens with zero attached hydrogens (tertiary/aromatic N) is 2. The normalized spacial score (nSPS) is 11.3. The van der Waals surface area contributed by atoms with Crippen LogP contribution in [0.2, 0.25) is 0 Å². The maximum atomic E-state index is 12.6. The van der Waals surface area contributed by atoms with Crippen LogP contribution in [0.5, 0.6) is 0 Å². The average molecular weight is 368 g/mol. The predicted octanol–water partition coefficient (Wildman–Crippen LogP) is 3.50. The number of anilines is 2. The number of alkyl halides is 3. The van der Waals surface area contributed by atoms with Crippen molar-refractivity contribution in [1.82, 2.24) is 9.97 Å². The number of benzene rings is 1. The van der Waals surface area contributed by atoms with E-state index in [-0.39, 0.29) is 11.4 Å². The highest BCUT2D eigenvalue weighted by Gasteiger charge is 2.30. The molecule has 0 saturated heterocycles. The van der Waals surface area contributed by atoms with Gasteiger partial charge in [-0.25, -0.2) is 9.97 Å². The van der Waals surface area contributed by atoms with E-state index in [0.29, 0.717) is 24.8 Å². The van der Waals surface area contributed by atoms with Crippen LogP contribution in [0.4, 0.5) is 24.8 Å². The maximum Gasteiger partial charge on any atom is 0.416 e. The molecule has 1 heterocycles. The Morgan fingerprint density at radius 1 is 1.19 bits per heavy atom. The van der Waals surface area contributed by atoms with Crippen molar-refractivity contribution in [1.29, 1.82) is 0 Å². The molecule has 140 valence electrons. The second-order valence-corrected chi connectivity index (χ2v) is 5.52. The minimum atomic E-state index is -4.42. The molecule has 1 aromatic carbocycles. The van der Waals surface area contributed by atoms with Crippen molar-refractivity contribution in [2.75, 3.05) is 30.9 Å². The number of amides is 1. The SMILES string of the molecule is COCCCNc1nc(C)cc(C(=O)Nc2ccc(C(F)(F)F)cc2)n1. The van der Waals surface area contributed by atoms with Gasteiger partial charge in [0.2, 0.25) is 5.95 Å². The smallest absolute Gasteiger partial charge is 0.385 e. The van der Waals surface area contributed by atoms with Gasteiger partial charge >= 0.3 is 6.18 Å². The number of aryl methyl sites for hydroxylation is 1. The third kappa shape index (κ3) is 5.69. The van der Waals surface area contributed by atoms with Gasteiger partial charge in [-0.3, -0.25) is 4.79 Å². The van der Waals surface area contributed by atoms with E-state index in [9.17, 15) is 18.0 Å². The molecule has 1 aromatic heterocycles. The van der Waals surface area contributed by atoms with Gasteiger partial charge in [-0.1, -0.05) is 0 Å². The lowest BCUT2D eigenvalue weighted by Gasteiger charge is -2.10. The van der Waals surface area contributed by atoms with E-state index in [1.165, 1.54) is 18.2 Å². The van der Waals surface area contributed by atoms with Crippen LogP contribution in [-0.4, -0.2) is 36.1 Å². The third-order valence-electron chi connectivity index (χ3n) is 3.37. The minimum Gasteiger partial charge on any atom is -0.385 e. The molecule has 6 nitrogen and oxygen atoms in total. The molecule has 0 unspecified atom stereocenters. The van der Waals surface area contributed by atoms with E-state index in [0.717, 1.165) is 18.6 Å². The Morgan fingerprint density at radius 3 is 2.50 bits per heavy atom.